The van der Waals surface area contributed by atoms with Crippen molar-refractivity contribution in [1.29, 1.82) is 0 Å². The van der Waals surface area contributed by atoms with Crippen LogP contribution in [0.25, 0.3) is 0 Å². The van der Waals surface area contributed by atoms with E-state index in [1.54, 1.807) is 0 Å². The number of aliphatic hydroxyl groups is 3. The minimum Gasteiger partial charge on any atom is -0.393 e. The Bertz CT molecular complexity index is 524. The highest BCUT2D eigenvalue weighted by Gasteiger charge is 2.40. The van der Waals surface area contributed by atoms with E-state index in [0.29, 0.717) is 25.7 Å². The first-order valence-electron chi connectivity index (χ1n) is 9.27. The molecule has 1 aliphatic rings. The first-order valence-corrected chi connectivity index (χ1v) is 9.27. The van der Waals surface area contributed by atoms with Gasteiger partial charge in [0.2, 0.25) is 5.91 Å². The predicted molar refractivity (Wildman–Crippen MR) is 96.9 cm³/mol. The van der Waals surface area contributed by atoms with Gasteiger partial charge in [0.1, 0.15) is 6.10 Å². The van der Waals surface area contributed by atoms with Gasteiger partial charge in [-0.05, 0) is 43.6 Å². The maximum Gasteiger partial charge on any atom is 0.249 e. The number of benzene rings is 1. The fourth-order valence-electron chi connectivity index (χ4n) is 3.68. The molecule has 1 aliphatic carbocycles. The van der Waals surface area contributed by atoms with Gasteiger partial charge in [0.15, 0.2) is 0 Å². The van der Waals surface area contributed by atoms with Crippen molar-refractivity contribution < 1.29 is 20.1 Å². The summed E-state index contributed by atoms with van der Waals surface area (Å²) in [5.74, 6) is -0.594. The summed E-state index contributed by atoms with van der Waals surface area (Å²) in [6, 6.07) is 9.57. The highest BCUT2D eigenvalue weighted by Crippen LogP contribution is 2.31. The number of aliphatic hydroxyl groups excluding tert-OH is 3. The lowest BCUT2D eigenvalue weighted by Crippen LogP contribution is -2.50. The summed E-state index contributed by atoms with van der Waals surface area (Å²) in [5.41, 5.74) is 1.14. The third-order valence-corrected chi connectivity index (χ3v) is 5.02. The molecule has 1 fully saturated rings. The van der Waals surface area contributed by atoms with Gasteiger partial charge in [-0.2, -0.15) is 0 Å². The lowest BCUT2D eigenvalue weighted by Gasteiger charge is -2.30. The molecule has 4 atom stereocenters. The molecule has 25 heavy (non-hydrogen) atoms. The topological polar surface area (TPSA) is 89.8 Å². The number of aryl methyl sites for hydroxylation is 1. The van der Waals surface area contributed by atoms with Gasteiger partial charge in [-0.15, -0.1) is 0 Å². The number of carbonyl (C=O) groups is 1. The molecule has 4 N–H and O–H groups in total. The lowest BCUT2D eigenvalue weighted by atomic mass is 9.89. The summed E-state index contributed by atoms with van der Waals surface area (Å²) in [6.45, 7) is 3.90. The van der Waals surface area contributed by atoms with Gasteiger partial charge in [-0.25, -0.2) is 0 Å². The molecule has 5 heteroatoms. The van der Waals surface area contributed by atoms with Crippen LogP contribution in [0.3, 0.4) is 0 Å². The van der Waals surface area contributed by atoms with Crippen LogP contribution in [-0.2, 0) is 11.2 Å². The van der Waals surface area contributed by atoms with Crippen molar-refractivity contribution in [3.8, 4) is 0 Å². The predicted octanol–water partition coefficient (Wildman–Crippen LogP) is 1.64. The molecule has 0 unspecified atom stereocenters. The van der Waals surface area contributed by atoms with Crippen LogP contribution < -0.4 is 5.32 Å². The molecule has 1 aromatic rings. The van der Waals surface area contributed by atoms with Crippen LogP contribution in [0.4, 0.5) is 0 Å². The smallest absolute Gasteiger partial charge is 0.249 e. The highest BCUT2D eigenvalue weighted by atomic mass is 16.3. The molecule has 1 saturated carbocycles. The maximum atomic E-state index is 12.3. The second-order valence-corrected chi connectivity index (χ2v) is 7.57. The van der Waals surface area contributed by atoms with Gasteiger partial charge < -0.3 is 20.6 Å². The Balaban J connectivity index is 2.04. The number of rotatable bonds is 8. The van der Waals surface area contributed by atoms with Gasteiger partial charge in [-0.3, -0.25) is 4.79 Å². The third kappa shape index (κ3) is 5.80. The summed E-state index contributed by atoms with van der Waals surface area (Å²) in [4.78, 5) is 12.3. The Morgan fingerprint density at radius 3 is 2.32 bits per heavy atom. The van der Waals surface area contributed by atoms with Crippen LogP contribution in [0.1, 0.15) is 45.1 Å². The number of carbonyl (C=O) groups excluding carboxylic acids is 1. The Kier molecular flexibility index (Phi) is 7.41. The van der Waals surface area contributed by atoms with E-state index in [2.05, 4.69) is 5.32 Å². The van der Waals surface area contributed by atoms with Crippen LogP contribution in [0, 0.1) is 11.8 Å². The van der Waals surface area contributed by atoms with Crippen LogP contribution >= 0.6 is 0 Å². The zero-order valence-corrected chi connectivity index (χ0v) is 15.1. The second-order valence-electron chi connectivity index (χ2n) is 7.57. The van der Waals surface area contributed by atoms with Crippen LogP contribution in [-0.4, -0.2) is 45.6 Å². The third-order valence-electron chi connectivity index (χ3n) is 5.02. The molecular weight excluding hydrogens is 318 g/mol. The van der Waals surface area contributed by atoms with Crippen molar-refractivity contribution in [3.63, 3.8) is 0 Å². The average molecular weight is 349 g/mol. The minimum atomic E-state index is -1.06. The van der Waals surface area contributed by atoms with Crippen molar-refractivity contribution in [1.82, 2.24) is 5.32 Å². The monoisotopic (exact) mass is 349 g/mol. The molecule has 0 saturated heterocycles. The van der Waals surface area contributed by atoms with E-state index in [0.717, 1.165) is 12.0 Å². The normalized spacial score (nSPS) is 23.6. The van der Waals surface area contributed by atoms with E-state index in [-0.39, 0.29) is 17.9 Å². The molecule has 0 aliphatic heterocycles. The Morgan fingerprint density at radius 1 is 1.16 bits per heavy atom. The second kappa shape index (κ2) is 9.32. The number of hydrogen-bond donors (Lipinski definition) is 4. The van der Waals surface area contributed by atoms with Crippen molar-refractivity contribution in [2.24, 2.45) is 11.8 Å². The molecule has 0 bridgehead atoms. The van der Waals surface area contributed by atoms with Gasteiger partial charge in [-0.1, -0.05) is 44.2 Å². The number of amides is 1. The van der Waals surface area contributed by atoms with Gasteiger partial charge in [0.25, 0.3) is 0 Å². The first-order chi connectivity index (χ1) is 11.9. The Morgan fingerprint density at radius 2 is 1.76 bits per heavy atom. The van der Waals surface area contributed by atoms with Crippen LogP contribution in [0.15, 0.2) is 30.3 Å². The summed E-state index contributed by atoms with van der Waals surface area (Å²) in [7, 11) is 0. The summed E-state index contributed by atoms with van der Waals surface area (Å²) < 4.78 is 0. The van der Waals surface area contributed by atoms with Crippen molar-refractivity contribution in [3.05, 3.63) is 35.9 Å². The zero-order chi connectivity index (χ0) is 18.4. The molecule has 0 radical (unpaired) electrons. The summed E-state index contributed by atoms with van der Waals surface area (Å²) >= 11 is 0. The van der Waals surface area contributed by atoms with Gasteiger partial charge >= 0.3 is 0 Å². The van der Waals surface area contributed by atoms with Gasteiger partial charge in [0.05, 0.1) is 12.2 Å². The fourth-order valence-corrected chi connectivity index (χ4v) is 3.68. The maximum absolute atomic E-state index is 12.3. The molecule has 1 aromatic carbocycles. The van der Waals surface area contributed by atoms with E-state index in [1.165, 1.54) is 0 Å². The summed E-state index contributed by atoms with van der Waals surface area (Å²) in [6.07, 6.45) is 0.514. The fraction of sp³-hybridized carbons (Fsp3) is 0.650. The number of hydrogen-bond acceptors (Lipinski definition) is 4. The minimum absolute atomic E-state index is 0.214. The molecule has 5 nitrogen and oxygen atoms in total. The standard InChI is InChI=1S/C20H31NO4/c1-13(2)12-18(24)20(25)21-15(19-16(22)10-11-17(19)23)9-8-14-6-4-3-5-7-14/h3-7,13,15-19,22-24H,8-12H2,1-2H3,(H,21,25)/t15-,16-,17-,18-/m0/s1. The van der Waals surface area contributed by atoms with E-state index >= 15 is 0 Å². The molecule has 2 rings (SSSR count). The first kappa shape index (κ1) is 19.9. The molecule has 0 heterocycles. The van der Waals surface area contributed by atoms with E-state index in [1.807, 2.05) is 44.2 Å². The molecule has 0 spiro atoms. The highest BCUT2D eigenvalue weighted by molar-refractivity contribution is 5.80. The zero-order valence-electron chi connectivity index (χ0n) is 15.1. The van der Waals surface area contributed by atoms with Crippen molar-refractivity contribution >= 4 is 5.91 Å². The Hall–Kier alpha value is -1.43. The summed E-state index contributed by atoms with van der Waals surface area (Å²) in [5, 5.41) is 33.4. The van der Waals surface area contributed by atoms with Crippen molar-refractivity contribution in [2.75, 3.05) is 0 Å². The molecule has 140 valence electrons. The quantitative estimate of drug-likeness (QED) is 0.574. The molecular formula is C20H31NO4. The van der Waals surface area contributed by atoms with E-state index < -0.39 is 24.2 Å². The number of nitrogens with one attached hydrogen (secondary N) is 1. The van der Waals surface area contributed by atoms with E-state index in [9.17, 15) is 20.1 Å². The van der Waals surface area contributed by atoms with Crippen molar-refractivity contribution in [2.45, 2.75) is 70.3 Å². The molecule has 0 aromatic heterocycles. The SMILES string of the molecule is CC(C)C[C@H](O)C(=O)N[C@@H](CCc1ccccc1)C1[C@@H](O)CC[C@@H]1O. The largest absolute Gasteiger partial charge is 0.393 e. The van der Waals surface area contributed by atoms with Crippen LogP contribution in [0.5, 0.6) is 0 Å². The Labute approximate surface area is 150 Å². The van der Waals surface area contributed by atoms with Gasteiger partial charge in [0, 0.05) is 12.0 Å². The average Bonchev–Trinajstić information content (AvgIpc) is 2.90. The molecule has 1 amide bonds. The lowest BCUT2D eigenvalue weighted by molar-refractivity contribution is -0.131. The van der Waals surface area contributed by atoms with Crippen LogP contribution in [0.2, 0.25) is 0 Å². The van der Waals surface area contributed by atoms with E-state index in [4.69, 9.17) is 0 Å².